The van der Waals surface area contributed by atoms with Gasteiger partial charge in [-0.15, -0.1) is 0 Å². The van der Waals surface area contributed by atoms with Crippen LogP contribution in [-0.2, 0) is 27.9 Å². The van der Waals surface area contributed by atoms with E-state index in [2.05, 4.69) is 5.32 Å². The van der Waals surface area contributed by atoms with Gasteiger partial charge in [-0.25, -0.2) is 13.6 Å². The Labute approximate surface area is 148 Å². The fraction of sp³-hybridized carbons (Fsp3) is 0.278. The van der Waals surface area contributed by atoms with Gasteiger partial charge in [0.2, 0.25) is 15.9 Å². The van der Waals surface area contributed by atoms with Crippen molar-refractivity contribution < 1.29 is 13.2 Å². The van der Waals surface area contributed by atoms with E-state index in [1.807, 2.05) is 37.3 Å². The van der Waals surface area contributed by atoms with Crippen molar-refractivity contribution in [2.75, 3.05) is 7.05 Å². The van der Waals surface area contributed by atoms with Crippen LogP contribution in [0.2, 0.25) is 0 Å². The SMILES string of the molecule is C[C@H](NCc1ccc(S(N)(=O)=O)cc1)C(=O)N(C)Cc1ccccc1. The average molecular weight is 361 g/mol. The summed E-state index contributed by atoms with van der Waals surface area (Å²) in [6.45, 7) is 2.81. The van der Waals surface area contributed by atoms with Gasteiger partial charge in [0.25, 0.3) is 0 Å². The van der Waals surface area contributed by atoms with Crippen molar-refractivity contribution in [3.05, 3.63) is 65.7 Å². The first-order chi connectivity index (χ1) is 11.8. The summed E-state index contributed by atoms with van der Waals surface area (Å²) < 4.78 is 22.5. The Morgan fingerprint density at radius 1 is 1.08 bits per heavy atom. The number of nitrogens with zero attached hydrogens (tertiary/aromatic N) is 1. The lowest BCUT2D eigenvalue weighted by Crippen LogP contribution is -2.42. The number of nitrogens with one attached hydrogen (secondary N) is 1. The van der Waals surface area contributed by atoms with E-state index in [4.69, 9.17) is 5.14 Å². The highest BCUT2D eigenvalue weighted by molar-refractivity contribution is 7.89. The number of likely N-dealkylation sites (N-methyl/N-ethyl adjacent to an activating group) is 1. The molecule has 2 aromatic rings. The van der Waals surface area contributed by atoms with Crippen LogP contribution in [0.1, 0.15) is 18.1 Å². The average Bonchev–Trinajstić information content (AvgIpc) is 2.59. The molecule has 0 aliphatic carbocycles. The third-order valence-corrected chi connectivity index (χ3v) is 4.80. The molecule has 1 atom stereocenters. The molecule has 0 aliphatic rings. The third-order valence-electron chi connectivity index (χ3n) is 3.87. The van der Waals surface area contributed by atoms with Crippen molar-refractivity contribution in [3.8, 4) is 0 Å². The first-order valence-corrected chi connectivity index (χ1v) is 9.46. The lowest BCUT2D eigenvalue weighted by atomic mass is 10.2. The Bertz CT molecular complexity index is 805. The summed E-state index contributed by atoms with van der Waals surface area (Å²) in [5, 5.41) is 8.22. The molecular weight excluding hydrogens is 338 g/mol. The number of carbonyl (C=O) groups is 1. The Balaban J connectivity index is 1.88. The molecule has 1 amide bonds. The zero-order valence-electron chi connectivity index (χ0n) is 14.3. The lowest BCUT2D eigenvalue weighted by molar-refractivity contribution is -0.132. The molecule has 6 nitrogen and oxygen atoms in total. The standard InChI is InChI=1S/C18H23N3O3S/c1-14(18(22)21(2)13-16-6-4-3-5-7-16)20-12-15-8-10-17(11-9-15)25(19,23)24/h3-11,14,20H,12-13H2,1-2H3,(H2,19,23,24)/t14-/m0/s1. The fourth-order valence-corrected chi connectivity index (χ4v) is 2.94. The minimum Gasteiger partial charge on any atom is -0.340 e. The Morgan fingerprint density at radius 3 is 2.24 bits per heavy atom. The zero-order chi connectivity index (χ0) is 18.4. The predicted octanol–water partition coefficient (Wildman–Crippen LogP) is 1.47. The third kappa shape index (κ3) is 5.67. The summed E-state index contributed by atoms with van der Waals surface area (Å²) in [6.07, 6.45) is 0. The van der Waals surface area contributed by atoms with Crippen LogP contribution in [0, 0.1) is 0 Å². The maximum absolute atomic E-state index is 12.4. The molecule has 0 aromatic heterocycles. The smallest absolute Gasteiger partial charge is 0.239 e. The molecule has 0 aliphatic heterocycles. The van der Waals surface area contributed by atoms with Crippen LogP contribution in [-0.4, -0.2) is 32.3 Å². The van der Waals surface area contributed by atoms with Crippen LogP contribution in [0.15, 0.2) is 59.5 Å². The first kappa shape index (κ1) is 19.1. The van der Waals surface area contributed by atoms with Gasteiger partial charge < -0.3 is 10.2 Å². The van der Waals surface area contributed by atoms with Crippen LogP contribution in [0.5, 0.6) is 0 Å². The van der Waals surface area contributed by atoms with Crippen LogP contribution in [0.25, 0.3) is 0 Å². The van der Waals surface area contributed by atoms with Crippen LogP contribution >= 0.6 is 0 Å². The molecule has 3 N–H and O–H groups in total. The normalized spacial score (nSPS) is 12.6. The molecular formula is C18H23N3O3S. The summed E-state index contributed by atoms with van der Waals surface area (Å²) in [7, 11) is -1.91. The van der Waals surface area contributed by atoms with E-state index >= 15 is 0 Å². The molecule has 0 unspecified atom stereocenters. The van der Waals surface area contributed by atoms with Crippen molar-refractivity contribution in [1.82, 2.24) is 10.2 Å². The molecule has 25 heavy (non-hydrogen) atoms. The highest BCUT2D eigenvalue weighted by Gasteiger charge is 2.17. The van der Waals surface area contributed by atoms with Crippen LogP contribution < -0.4 is 10.5 Å². The van der Waals surface area contributed by atoms with Gasteiger partial charge >= 0.3 is 0 Å². The molecule has 7 heteroatoms. The molecule has 134 valence electrons. The summed E-state index contributed by atoms with van der Waals surface area (Å²) in [6, 6.07) is 15.7. The molecule has 2 rings (SSSR count). The number of benzene rings is 2. The van der Waals surface area contributed by atoms with Gasteiger partial charge in [0.1, 0.15) is 0 Å². The number of hydrogen-bond donors (Lipinski definition) is 2. The molecule has 0 bridgehead atoms. The van der Waals surface area contributed by atoms with Crippen molar-refractivity contribution >= 4 is 15.9 Å². The van der Waals surface area contributed by atoms with Gasteiger partial charge in [0.15, 0.2) is 0 Å². The summed E-state index contributed by atoms with van der Waals surface area (Å²) in [5.41, 5.74) is 1.95. The number of nitrogens with two attached hydrogens (primary N) is 1. The topological polar surface area (TPSA) is 92.5 Å². The van der Waals surface area contributed by atoms with Gasteiger partial charge in [-0.05, 0) is 30.2 Å². The Kier molecular flexibility index (Phi) is 6.30. The van der Waals surface area contributed by atoms with Crippen molar-refractivity contribution in [3.63, 3.8) is 0 Å². The molecule has 0 saturated carbocycles. The number of sulfonamides is 1. The maximum Gasteiger partial charge on any atom is 0.239 e. The van der Waals surface area contributed by atoms with Crippen molar-refractivity contribution in [1.29, 1.82) is 0 Å². The van der Waals surface area contributed by atoms with E-state index in [0.29, 0.717) is 13.1 Å². The van der Waals surface area contributed by atoms with Gasteiger partial charge in [-0.1, -0.05) is 42.5 Å². The predicted molar refractivity (Wildman–Crippen MR) is 97.0 cm³/mol. The molecule has 0 heterocycles. The van der Waals surface area contributed by atoms with Crippen molar-refractivity contribution in [2.45, 2.75) is 31.0 Å². The van der Waals surface area contributed by atoms with Crippen LogP contribution in [0.3, 0.4) is 0 Å². The lowest BCUT2D eigenvalue weighted by Gasteiger charge is -2.22. The van der Waals surface area contributed by atoms with Gasteiger partial charge in [-0.3, -0.25) is 4.79 Å². The number of hydrogen-bond acceptors (Lipinski definition) is 4. The van der Waals surface area contributed by atoms with E-state index in [9.17, 15) is 13.2 Å². The van der Waals surface area contributed by atoms with E-state index < -0.39 is 10.0 Å². The fourth-order valence-electron chi connectivity index (χ4n) is 2.42. The highest BCUT2D eigenvalue weighted by Crippen LogP contribution is 2.09. The van der Waals surface area contributed by atoms with Crippen LogP contribution in [0.4, 0.5) is 0 Å². The molecule has 0 spiro atoms. The van der Waals surface area contributed by atoms with E-state index in [1.165, 1.54) is 12.1 Å². The monoisotopic (exact) mass is 361 g/mol. The number of primary sulfonamides is 1. The molecule has 0 saturated heterocycles. The molecule has 0 radical (unpaired) electrons. The first-order valence-electron chi connectivity index (χ1n) is 7.91. The zero-order valence-corrected chi connectivity index (χ0v) is 15.2. The van der Waals surface area contributed by atoms with Crippen molar-refractivity contribution in [2.24, 2.45) is 5.14 Å². The second-order valence-corrected chi connectivity index (χ2v) is 7.53. The molecule has 0 fully saturated rings. The Morgan fingerprint density at radius 2 is 1.68 bits per heavy atom. The quantitative estimate of drug-likeness (QED) is 0.781. The van der Waals surface area contributed by atoms with E-state index in [-0.39, 0.29) is 16.8 Å². The summed E-state index contributed by atoms with van der Waals surface area (Å²) in [5.74, 6) is -0.00925. The van der Waals surface area contributed by atoms with E-state index in [1.54, 1.807) is 24.1 Å². The number of carbonyl (C=O) groups excluding carboxylic acids is 1. The number of amides is 1. The second kappa shape index (κ2) is 8.24. The second-order valence-electron chi connectivity index (χ2n) is 5.97. The maximum atomic E-state index is 12.4. The van der Waals surface area contributed by atoms with Gasteiger partial charge in [0, 0.05) is 20.1 Å². The summed E-state index contributed by atoms with van der Waals surface area (Å²) >= 11 is 0. The number of rotatable bonds is 7. The van der Waals surface area contributed by atoms with Gasteiger partial charge in [-0.2, -0.15) is 0 Å². The minimum absolute atomic E-state index is 0.00925. The van der Waals surface area contributed by atoms with E-state index in [0.717, 1.165) is 11.1 Å². The highest BCUT2D eigenvalue weighted by atomic mass is 32.2. The van der Waals surface area contributed by atoms with Gasteiger partial charge in [0.05, 0.1) is 10.9 Å². The summed E-state index contributed by atoms with van der Waals surface area (Å²) in [4.78, 5) is 14.2. The Hall–Kier alpha value is -2.22. The largest absolute Gasteiger partial charge is 0.340 e. The minimum atomic E-state index is -3.69. The molecule has 2 aromatic carbocycles.